The minimum Gasteiger partial charge on any atom is -0.475 e. The lowest BCUT2D eigenvalue weighted by Gasteiger charge is -2.13. The van der Waals surface area contributed by atoms with Crippen LogP contribution in [0.4, 0.5) is 5.82 Å². The van der Waals surface area contributed by atoms with Crippen molar-refractivity contribution in [1.82, 2.24) is 9.97 Å². The van der Waals surface area contributed by atoms with Gasteiger partial charge in [0, 0.05) is 0 Å². The third-order valence-corrected chi connectivity index (χ3v) is 4.43. The Morgan fingerprint density at radius 1 is 1.25 bits per heavy atom. The summed E-state index contributed by atoms with van der Waals surface area (Å²) in [6.45, 7) is 3.53. The maximum atomic E-state index is 12.5. The molecule has 0 amide bonds. The number of aliphatic hydroxyl groups excluding tert-OH is 1. The Morgan fingerprint density at radius 3 is 2.58 bits per heavy atom. The molecule has 1 aromatic heterocycles. The summed E-state index contributed by atoms with van der Waals surface area (Å²) >= 11 is 0. The average molecular weight is 349 g/mol. The van der Waals surface area contributed by atoms with Gasteiger partial charge >= 0.3 is 0 Å². The minimum absolute atomic E-state index is 0.0473. The van der Waals surface area contributed by atoms with E-state index in [0.717, 1.165) is 5.56 Å². The van der Waals surface area contributed by atoms with Gasteiger partial charge in [-0.1, -0.05) is 29.8 Å². The number of allylic oxidation sites excluding steroid dienone is 1. The van der Waals surface area contributed by atoms with E-state index in [4.69, 9.17) is 9.84 Å². The van der Waals surface area contributed by atoms with E-state index in [9.17, 15) is 8.42 Å². The van der Waals surface area contributed by atoms with Crippen LogP contribution in [-0.2, 0) is 10.0 Å². The Labute approximate surface area is 141 Å². The first-order valence-electron chi connectivity index (χ1n) is 7.28. The number of aliphatic hydroxyl groups is 1. The van der Waals surface area contributed by atoms with Crippen molar-refractivity contribution in [2.45, 2.75) is 18.7 Å². The molecule has 0 saturated heterocycles. The fourth-order valence-corrected chi connectivity index (χ4v) is 2.97. The average Bonchev–Trinajstić information content (AvgIpc) is 2.55. The Kier molecular flexibility index (Phi) is 5.88. The van der Waals surface area contributed by atoms with Crippen LogP contribution in [0.3, 0.4) is 0 Å². The molecule has 0 radical (unpaired) electrons. The number of rotatable bonds is 7. The molecule has 0 atom stereocenters. The summed E-state index contributed by atoms with van der Waals surface area (Å²) in [6.07, 6.45) is 4.56. The van der Waals surface area contributed by atoms with Crippen LogP contribution in [0.25, 0.3) is 6.08 Å². The number of anilines is 1. The first-order valence-corrected chi connectivity index (χ1v) is 8.77. The first-order chi connectivity index (χ1) is 11.5. The summed E-state index contributed by atoms with van der Waals surface area (Å²) in [5.41, 5.74) is 1.36. The third-order valence-electron chi connectivity index (χ3n) is 3.07. The zero-order chi connectivity index (χ0) is 17.6. The lowest BCUT2D eigenvalue weighted by molar-refractivity contribution is 0.196. The second-order valence-electron chi connectivity index (χ2n) is 4.93. The van der Waals surface area contributed by atoms with Crippen molar-refractivity contribution in [2.75, 3.05) is 17.9 Å². The van der Waals surface area contributed by atoms with E-state index >= 15 is 0 Å². The van der Waals surface area contributed by atoms with Crippen LogP contribution in [0.5, 0.6) is 5.88 Å². The monoisotopic (exact) mass is 349 g/mol. The predicted octanol–water partition coefficient (Wildman–Crippen LogP) is 1.99. The summed E-state index contributed by atoms with van der Waals surface area (Å²) in [5, 5.41) is 8.88. The Morgan fingerprint density at radius 2 is 1.96 bits per heavy atom. The largest absolute Gasteiger partial charge is 0.475 e. The normalized spacial score (nSPS) is 11.6. The van der Waals surface area contributed by atoms with Crippen molar-refractivity contribution in [3.8, 4) is 5.88 Å². The van der Waals surface area contributed by atoms with Crippen LogP contribution < -0.4 is 9.46 Å². The zero-order valence-corrected chi connectivity index (χ0v) is 14.2. The van der Waals surface area contributed by atoms with Crippen LogP contribution in [0.1, 0.15) is 18.1 Å². The molecule has 0 fully saturated rings. The number of sulfonamides is 1. The lowest BCUT2D eigenvalue weighted by atomic mass is 10.2. The number of hydrogen-bond donors (Lipinski definition) is 2. The van der Waals surface area contributed by atoms with Gasteiger partial charge in [-0.25, -0.2) is 18.4 Å². The van der Waals surface area contributed by atoms with Gasteiger partial charge in [0.2, 0.25) is 5.88 Å². The summed E-state index contributed by atoms with van der Waals surface area (Å²) in [7, 11) is -3.79. The highest BCUT2D eigenvalue weighted by Crippen LogP contribution is 2.26. The van der Waals surface area contributed by atoms with Gasteiger partial charge in [0.05, 0.1) is 17.1 Å². The first kappa shape index (κ1) is 17.9. The van der Waals surface area contributed by atoms with E-state index in [1.54, 1.807) is 31.2 Å². The van der Waals surface area contributed by atoms with Crippen molar-refractivity contribution in [1.29, 1.82) is 0 Å². The van der Waals surface area contributed by atoms with E-state index in [-0.39, 0.29) is 29.8 Å². The van der Waals surface area contributed by atoms with Gasteiger partial charge in [-0.15, -0.1) is 0 Å². The summed E-state index contributed by atoms with van der Waals surface area (Å²) < 4.78 is 32.8. The summed E-state index contributed by atoms with van der Waals surface area (Å²) in [4.78, 5) is 8.11. The second kappa shape index (κ2) is 7.89. The predicted molar refractivity (Wildman–Crippen MR) is 91.3 cm³/mol. The maximum absolute atomic E-state index is 12.5. The number of hydrogen-bond acceptors (Lipinski definition) is 6. The molecule has 0 unspecified atom stereocenters. The van der Waals surface area contributed by atoms with Crippen LogP contribution in [0, 0.1) is 6.92 Å². The molecule has 0 spiro atoms. The molecule has 1 aromatic carbocycles. The Hall–Kier alpha value is -2.45. The van der Waals surface area contributed by atoms with Crippen molar-refractivity contribution < 1.29 is 18.3 Å². The maximum Gasteiger partial charge on any atom is 0.263 e. The summed E-state index contributed by atoms with van der Waals surface area (Å²) in [6, 6.07) is 6.49. The summed E-state index contributed by atoms with van der Waals surface area (Å²) in [5.74, 6) is 0.301. The van der Waals surface area contributed by atoms with Crippen LogP contribution in [0.15, 0.2) is 41.6 Å². The number of benzene rings is 1. The van der Waals surface area contributed by atoms with Gasteiger partial charge in [-0.2, -0.15) is 0 Å². The Balaban J connectivity index is 2.39. The van der Waals surface area contributed by atoms with Gasteiger partial charge in [0.25, 0.3) is 10.0 Å². The van der Waals surface area contributed by atoms with E-state index in [1.807, 2.05) is 6.92 Å². The molecule has 128 valence electrons. The van der Waals surface area contributed by atoms with Crippen molar-refractivity contribution in [3.05, 3.63) is 47.8 Å². The fourth-order valence-electron chi connectivity index (χ4n) is 1.94. The van der Waals surface area contributed by atoms with Crippen LogP contribution in [-0.4, -0.2) is 36.7 Å². The SMILES string of the molecule is C/C=C\c1c(NS(=O)(=O)c2ccc(C)cc2)ncnc1OCCO. The molecule has 1 heterocycles. The Bertz CT molecular complexity index is 818. The number of ether oxygens (including phenoxy) is 1. The highest BCUT2D eigenvalue weighted by molar-refractivity contribution is 7.92. The van der Waals surface area contributed by atoms with E-state index < -0.39 is 10.0 Å². The highest BCUT2D eigenvalue weighted by atomic mass is 32.2. The molecule has 2 N–H and O–H groups in total. The molecular formula is C16H19N3O4S. The minimum atomic E-state index is -3.79. The van der Waals surface area contributed by atoms with Crippen molar-refractivity contribution in [2.24, 2.45) is 0 Å². The third kappa shape index (κ3) is 4.30. The molecule has 24 heavy (non-hydrogen) atoms. The molecule has 0 bridgehead atoms. The van der Waals surface area contributed by atoms with E-state index in [2.05, 4.69) is 14.7 Å². The standard InChI is InChI=1S/C16H19N3O4S/c1-3-4-14-15(17-11-18-16(14)23-10-9-20)19-24(21,22)13-7-5-12(2)6-8-13/h3-8,11,20H,9-10H2,1-2H3,(H,17,18,19)/b4-3-. The molecule has 8 heteroatoms. The number of nitrogens with zero attached hydrogens (tertiary/aromatic N) is 2. The smallest absolute Gasteiger partial charge is 0.263 e. The molecule has 2 rings (SSSR count). The molecule has 7 nitrogen and oxygen atoms in total. The topological polar surface area (TPSA) is 101 Å². The second-order valence-corrected chi connectivity index (χ2v) is 6.61. The molecule has 2 aromatic rings. The number of aryl methyl sites for hydroxylation is 1. The molecule has 0 aliphatic heterocycles. The highest BCUT2D eigenvalue weighted by Gasteiger charge is 2.18. The van der Waals surface area contributed by atoms with Gasteiger partial charge in [0.15, 0.2) is 5.82 Å². The van der Waals surface area contributed by atoms with Gasteiger partial charge in [-0.3, -0.25) is 4.72 Å². The quantitative estimate of drug-likeness (QED) is 0.793. The lowest BCUT2D eigenvalue weighted by Crippen LogP contribution is -2.16. The van der Waals surface area contributed by atoms with E-state index in [1.165, 1.54) is 18.5 Å². The van der Waals surface area contributed by atoms with Crippen LogP contribution >= 0.6 is 0 Å². The zero-order valence-electron chi connectivity index (χ0n) is 13.4. The van der Waals surface area contributed by atoms with E-state index in [0.29, 0.717) is 5.56 Å². The molecule has 0 aliphatic rings. The molecular weight excluding hydrogens is 330 g/mol. The van der Waals surface area contributed by atoms with Crippen LogP contribution in [0.2, 0.25) is 0 Å². The van der Waals surface area contributed by atoms with Gasteiger partial charge in [0.1, 0.15) is 12.9 Å². The molecule has 0 saturated carbocycles. The molecule has 0 aliphatic carbocycles. The van der Waals surface area contributed by atoms with Crippen molar-refractivity contribution >= 4 is 21.9 Å². The fraction of sp³-hybridized carbons (Fsp3) is 0.250. The van der Waals surface area contributed by atoms with Gasteiger partial charge in [-0.05, 0) is 26.0 Å². The van der Waals surface area contributed by atoms with Gasteiger partial charge < -0.3 is 9.84 Å². The van der Waals surface area contributed by atoms with Crippen molar-refractivity contribution in [3.63, 3.8) is 0 Å². The number of aromatic nitrogens is 2. The number of nitrogens with one attached hydrogen (secondary N) is 1.